The van der Waals surface area contributed by atoms with Gasteiger partial charge in [0.15, 0.2) is 5.76 Å². The summed E-state index contributed by atoms with van der Waals surface area (Å²) in [6, 6.07) is 17.9. The van der Waals surface area contributed by atoms with Gasteiger partial charge in [-0.05, 0) is 36.4 Å². The Morgan fingerprint density at radius 3 is 2.62 bits per heavy atom. The Morgan fingerprint density at radius 1 is 1.03 bits per heavy atom. The van der Waals surface area contributed by atoms with Crippen molar-refractivity contribution in [3.63, 3.8) is 0 Å². The van der Waals surface area contributed by atoms with Crippen LogP contribution < -0.4 is 0 Å². The van der Waals surface area contributed by atoms with Crippen LogP contribution in [0.3, 0.4) is 0 Å². The summed E-state index contributed by atoms with van der Waals surface area (Å²) in [5.74, 6) is 4.11. The van der Waals surface area contributed by atoms with Crippen LogP contribution in [0.25, 0.3) is 17.1 Å². The highest BCUT2D eigenvalue weighted by Crippen LogP contribution is 2.32. The van der Waals surface area contributed by atoms with Crippen molar-refractivity contribution in [2.24, 2.45) is 4.99 Å². The molecule has 4 nitrogen and oxygen atoms in total. The summed E-state index contributed by atoms with van der Waals surface area (Å²) >= 11 is 6.60. The van der Waals surface area contributed by atoms with Gasteiger partial charge in [-0.15, -0.1) is 5.54 Å². The summed E-state index contributed by atoms with van der Waals surface area (Å²) in [6.07, 6.45) is 3.50. The van der Waals surface area contributed by atoms with E-state index in [-0.39, 0.29) is 0 Å². The first-order valence-corrected chi connectivity index (χ1v) is 14.4. The zero-order valence-corrected chi connectivity index (χ0v) is 19.9. The maximum Gasteiger partial charge on any atom is 0.154 e. The fraction of sp³-hybridized carbons (Fsp3) is 0.154. The molecule has 0 spiro atoms. The lowest BCUT2D eigenvalue weighted by molar-refractivity contribution is 0.579. The summed E-state index contributed by atoms with van der Waals surface area (Å²) in [5.41, 5.74) is 9.96. The van der Waals surface area contributed by atoms with Gasteiger partial charge in [0.25, 0.3) is 0 Å². The predicted molar refractivity (Wildman–Crippen MR) is 132 cm³/mol. The zero-order valence-electron chi connectivity index (χ0n) is 18.2. The number of fused-ring (bicyclic) bond motifs is 3. The standard InChI is InChI=1S/C26H22ClN3OSi/c1-32(2,3)14-12-18-10-11-22-20(15-18)25(19-7-4-5-8-21(19)27)28-16-23-26(29-17-30(22)23)24-9-6-13-31-24/h4-11,13,15,17H,16H2,1-3H3. The van der Waals surface area contributed by atoms with Crippen molar-refractivity contribution in [3.8, 4) is 28.6 Å². The van der Waals surface area contributed by atoms with Crippen molar-refractivity contribution in [1.82, 2.24) is 9.55 Å². The van der Waals surface area contributed by atoms with E-state index in [1.807, 2.05) is 42.7 Å². The topological polar surface area (TPSA) is 43.3 Å². The van der Waals surface area contributed by atoms with E-state index < -0.39 is 8.07 Å². The van der Waals surface area contributed by atoms with Crippen LogP contribution in [-0.2, 0) is 6.54 Å². The van der Waals surface area contributed by atoms with Crippen LogP contribution in [0.4, 0.5) is 0 Å². The highest BCUT2D eigenvalue weighted by Gasteiger charge is 2.24. The smallest absolute Gasteiger partial charge is 0.154 e. The molecular weight excluding hydrogens is 434 g/mol. The molecule has 0 radical (unpaired) electrons. The van der Waals surface area contributed by atoms with E-state index in [2.05, 4.69) is 58.9 Å². The molecule has 2 aromatic carbocycles. The zero-order chi connectivity index (χ0) is 22.3. The van der Waals surface area contributed by atoms with Crippen LogP contribution >= 0.6 is 11.6 Å². The molecule has 0 fully saturated rings. The summed E-state index contributed by atoms with van der Waals surface area (Å²) in [7, 11) is -1.50. The van der Waals surface area contributed by atoms with E-state index in [1.54, 1.807) is 6.26 Å². The Labute approximate surface area is 193 Å². The van der Waals surface area contributed by atoms with Gasteiger partial charge in [-0.2, -0.15) is 0 Å². The third-order valence-corrected chi connectivity index (χ3v) is 6.43. The number of rotatable bonds is 2. The van der Waals surface area contributed by atoms with Gasteiger partial charge in [0.1, 0.15) is 20.1 Å². The normalized spacial score (nSPS) is 12.8. The monoisotopic (exact) mass is 455 g/mol. The Hall–Kier alpha value is -3.33. The Bertz CT molecular complexity index is 1400. The summed E-state index contributed by atoms with van der Waals surface area (Å²) in [6.45, 7) is 7.19. The van der Waals surface area contributed by atoms with Crippen LogP contribution in [0.2, 0.25) is 24.7 Å². The van der Waals surface area contributed by atoms with Crippen LogP contribution in [-0.4, -0.2) is 23.3 Å². The largest absolute Gasteiger partial charge is 0.463 e. The van der Waals surface area contributed by atoms with Gasteiger partial charge in [0.05, 0.1) is 29.9 Å². The Balaban J connectivity index is 1.73. The number of benzene rings is 2. The number of furan rings is 1. The molecule has 0 aliphatic carbocycles. The third kappa shape index (κ3) is 3.84. The lowest BCUT2D eigenvalue weighted by Gasteiger charge is -2.13. The molecule has 1 aliphatic rings. The molecule has 0 amide bonds. The molecule has 3 heterocycles. The summed E-state index contributed by atoms with van der Waals surface area (Å²) in [5, 5.41) is 0.673. The van der Waals surface area contributed by atoms with Gasteiger partial charge in [-0.25, -0.2) is 4.98 Å². The molecule has 0 N–H and O–H groups in total. The maximum atomic E-state index is 6.60. The number of nitrogens with zero attached hydrogens (tertiary/aromatic N) is 3. The molecule has 32 heavy (non-hydrogen) atoms. The fourth-order valence-electron chi connectivity index (χ4n) is 3.75. The van der Waals surface area contributed by atoms with Crippen LogP contribution in [0.5, 0.6) is 0 Å². The molecule has 0 bridgehead atoms. The van der Waals surface area contributed by atoms with Crippen molar-refractivity contribution in [2.75, 3.05) is 0 Å². The minimum Gasteiger partial charge on any atom is -0.463 e. The molecule has 0 unspecified atom stereocenters. The second-order valence-corrected chi connectivity index (χ2v) is 13.9. The summed E-state index contributed by atoms with van der Waals surface area (Å²) in [4.78, 5) is 9.66. The number of aliphatic imine (C=N–C) groups is 1. The minimum absolute atomic E-state index is 0.460. The Morgan fingerprint density at radius 2 is 1.88 bits per heavy atom. The molecule has 158 valence electrons. The van der Waals surface area contributed by atoms with Crippen LogP contribution in [0, 0.1) is 11.5 Å². The predicted octanol–water partition coefficient (Wildman–Crippen LogP) is 6.37. The van der Waals surface area contributed by atoms with Gasteiger partial charge in [0, 0.05) is 21.7 Å². The van der Waals surface area contributed by atoms with E-state index in [1.165, 1.54) is 0 Å². The van der Waals surface area contributed by atoms with Gasteiger partial charge in [-0.3, -0.25) is 9.56 Å². The molecule has 0 atom stereocenters. The van der Waals surface area contributed by atoms with Crippen molar-refractivity contribution < 1.29 is 4.42 Å². The SMILES string of the molecule is C[Si](C)(C)C#Cc1ccc2c(c1)C(c1ccccc1Cl)=NCc1c(-c3ccco3)ncn1-2. The molecule has 6 heteroatoms. The van der Waals surface area contributed by atoms with Gasteiger partial charge in [0.2, 0.25) is 0 Å². The van der Waals surface area contributed by atoms with E-state index >= 15 is 0 Å². The third-order valence-electron chi connectivity index (χ3n) is 5.23. The molecule has 1 aliphatic heterocycles. The van der Waals surface area contributed by atoms with Gasteiger partial charge in [-0.1, -0.05) is 55.4 Å². The second-order valence-electron chi connectivity index (χ2n) is 8.76. The summed E-state index contributed by atoms with van der Waals surface area (Å²) < 4.78 is 7.72. The number of halogens is 1. The second kappa shape index (κ2) is 7.98. The number of aromatic nitrogens is 2. The molecule has 0 saturated heterocycles. The average molecular weight is 456 g/mol. The van der Waals surface area contributed by atoms with E-state index in [9.17, 15) is 0 Å². The fourth-order valence-corrected chi connectivity index (χ4v) is 4.49. The Kier molecular flexibility index (Phi) is 5.13. The minimum atomic E-state index is -1.50. The van der Waals surface area contributed by atoms with E-state index in [4.69, 9.17) is 21.0 Å². The van der Waals surface area contributed by atoms with Gasteiger partial charge < -0.3 is 4.42 Å². The highest BCUT2D eigenvalue weighted by atomic mass is 35.5. The van der Waals surface area contributed by atoms with Crippen molar-refractivity contribution in [3.05, 3.63) is 94.6 Å². The highest BCUT2D eigenvalue weighted by molar-refractivity contribution is 6.83. The maximum absolute atomic E-state index is 6.60. The molecule has 0 saturated carbocycles. The molecule has 2 aromatic heterocycles. The van der Waals surface area contributed by atoms with Crippen molar-refractivity contribution in [2.45, 2.75) is 26.2 Å². The molecule has 4 aromatic rings. The molecule has 5 rings (SSSR count). The van der Waals surface area contributed by atoms with Crippen LogP contribution in [0.1, 0.15) is 22.4 Å². The number of imidazole rings is 1. The lowest BCUT2D eigenvalue weighted by atomic mass is 9.98. The van der Waals surface area contributed by atoms with Crippen molar-refractivity contribution in [1.29, 1.82) is 0 Å². The van der Waals surface area contributed by atoms with Gasteiger partial charge >= 0.3 is 0 Å². The first-order valence-electron chi connectivity index (χ1n) is 10.5. The van der Waals surface area contributed by atoms with Crippen molar-refractivity contribution >= 4 is 25.4 Å². The average Bonchev–Trinajstić information content (AvgIpc) is 3.40. The van der Waals surface area contributed by atoms with Crippen LogP contribution in [0.15, 0.2) is 76.6 Å². The first-order chi connectivity index (χ1) is 15.4. The van der Waals surface area contributed by atoms with E-state index in [0.717, 1.165) is 45.2 Å². The molecular formula is C26H22ClN3OSi. The quantitative estimate of drug-likeness (QED) is 0.260. The number of hydrogen-bond donors (Lipinski definition) is 0. The van der Waals surface area contributed by atoms with E-state index in [0.29, 0.717) is 11.6 Å². The first kappa shape index (κ1) is 20.6. The lowest BCUT2D eigenvalue weighted by Crippen LogP contribution is -2.16. The number of hydrogen-bond acceptors (Lipinski definition) is 3.